The van der Waals surface area contributed by atoms with E-state index in [4.69, 9.17) is 14.3 Å². The Morgan fingerprint density at radius 3 is 2.68 bits per heavy atom. The number of furan rings is 1. The molecule has 0 aromatic carbocycles. The van der Waals surface area contributed by atoms with Crippen molar-refractivity contribution in [3.05, 3.63) is 23.7 Å². The van der Waals surface area contributed by atoms with E-state index in [1.165, 1.54) is 0 Å². The average Bonchev–Trinajstić information content (AvgIpc) is 3.20. The van der Waals surface area contributed by atoms with Crippen LogP contribution in [-0.4, -0.2) is 58.2 Å². The largest absolute Gasteiger partial charge is 0.453 e. The molecule has 7 nitrogen and oxygen atoms in total. The van der Waals surface area contributed by atoms with Crippen molar-refractivity contribution in [1.29, 1.82) is 0 Å². The first-order valence-electron chi connectivity index (χ1n) is 8.96. The third kappa shape index (κ3) is 3.51. The number of carbonyl (C=O) groups is 2. The third-order valence-electron chi connectivity index (χ3n) is 5.23. The molecule has 0 radical (unpaired) electrons. The third-order valence-corrected chi connectivity index (χ3v) is 5.23. The van der Waals surface area contributed by atoms with Gasteiger partial charge in [0.05, 0.1) is 6.54 Å². The molecule has 2 aliphatic rings. The summed E-state index contributed by atoms with van der Waals surface area (Å²) in [6, 6.07) is 3.36. The van der Waals surface area contributed by atoms with Gasteiger partial charge in [-0.25, -0.2) is 4.79 Å². The van der Waals surface area contributed by atoms with Crippen LogP contribution in [-0.2, 0) is 11.3 Å². The Kier molecular flexibility index (Phi) is 5.03. The highest BCUT2D eigenvalue weighted by Gasteiger charge is 2.48. The summed E-state index contributed by atoms with van der Waals surface area (Å²) in [5.74, 6) is 0.429. The average molecular weight is 350 g/mol. The molecule has 2 aliphatic heterocycles. The molecule has 0 aliphatic carbocycles. The minimum Gasteiger partial charge on any atom is -0.453 e. The first kappa shape index (κ1) is 17.8. The Labute approximate surface area is 147 Å². The Balaban J connectivity index is 1.60. The van der Waals surface area contributed by atoms with Gasteiger partial charge in [-0.2, -0.15) is 0 Å². The molecule has 1 N–H and O–H groups in total. The lowest BCUT2D eigenvalue weighted by Gasteiger charge is -2.37. The van der Waals surface area contributed by atoms with Gasteiger partial charge in [0.2, 0.25) is 0 Å². The summed E-state index contributed by atoms with van der Waals surface area (Å²) in [4.78, 5) is 28.2. The number of likely N-dealkylation sites (tertiary alicyclic amines) is 1. The van der Waals surface area contributed by atoms with E-state index in [0.29, 0.717) is 38.2 Å². The van der Waals surface area contributed by atoms with Crippen LogP contribution >= 0.6 is 0 Å². The first-order valence-corrected chi connectivity index (χ1v) is 8.96. The molecule has 2 amide bonds. The zero-order chi connectivity index (χ0) is 18.0. The maximum Gasteiger partial charge on any atom is 0.410 e. The summed E-state index contributed by atoms with van der Waals surface area (Å²) >= 11 is 0. The first-order chi connectivity index (χ1) is 12.0. The topological polar surface area (TPSA) is 83.2 Å². The van der Waals surface area contributed by atoms with Crippen molar-refractivity contribution in [2.75, 3.05) is 19.6 Å². The van der Waals surface area contributed by atoms with Crippen LogP contribution in [0.3, 0.4) is 0 Å². The fourth-order valence-electron chi connectivity index (χ4n) is 3.67. The van der Waals surface area contributed by atoms with Crippen molar-refractivity contribution < 1.29 is 23.8 Å². The van der Waals surface area contributed by atoms with Crippen LogP contribution in [0.15, 0.2) is 16.5 Å². The van der Waals surface area contributed by atoms with Gasteiger partial charge in [0.15, 0.2) is 5.76 Å². The Bertz CT molecular complexity index is 633. The molecule has 0 bridgehead atoms. The molecular weight excluding hydrogens is 324 g/mol. The van der Waals surface area contributed by atoms with E-state index in [9.17, 15) is 9.59 Å². The summed E-state index contributed by atoms with van der Waals surface area (Å²) in [6.45, 7) is 5.59. The van der Waals surface area contributed by atoms with Gasteiger partial charge in [-0.05, 0) is 25.5 Å². The number of rotatable bonds is 5. The van der Waals surface area contributed by atoms with E-state index in [1.807, 2.05) is 4.90 Å². The quantitative estimate of drug-likeness (QED) is 0.881. The van der Waals surface area contributed by atoms with Crippen LogP contribution in [0.4, 0.5) is 4.79 Å². The van der Waals surface area contributed by atoms with Gasteiger partial charge in [0.25, 0.3) is 5.91 Å². The second-order valence-electron chi connectivity index (χ2n) is 7.03. The minimum atomic E-state index is -0.477. The molecule has 0 unspecified atom stereocenters. The minimum absolute atomic E-state index is 0.177. The van der Waals surface area contributed by atoms with Crippen molar-refractivity contribution in [3.63, 3.8) is 0 Å². The maximum atomic E-state index is 12.5. The van der Waals surface area contributed by atoms with E-state index in [-0.39, 0.29) is 30.4 Å². The fraction of sp³-hybridized carbons (Fsp3) is 0.667. The monoisotopic (exact) mass is 350 g/mol. The Hall–Kier alpha value is -2.02. The number of carbonyl (C=O) groups excluding carboxylic acids is 2. The van der Waals surface area contributed by atoms with Gasteiger partial charge >= 0.3 is 6.09 Å². The van der Waals surface area contributed by atoms with Crippen LogP contribution < -0.4 is 0 Å². The Morgan fingerprint density at radius 1 is 1.36 bits per heavy atom. The van der Waals surface area contributed by atoms with Crippen LogP contribution in [0.1, 0.15) is 55.8 Å². The number of aliphatic hydroxyl groups excluding tert-OH is 1. The zero-order valence-corrected chi connectivity index (χ0v) is 14.9. The van der Waals surface area contributed by atoms with Crippen molar-refractivity contribution in [2.24, 2.45) is 0 Å². The molecule has 3 heterocycles. The van der Waals surface area contributed by atoms with Crippen LogP contribution in [0.25, 0.3) is 0 Å². The van der Waals surface area contributed by atoms with Gasteiger partial charge in [0, 0.05) is 32.0 Å². The number of hydrogen-bond acceptors (Lipinski definition) is 5. The normalized spacial score (nSPS) is 20.8. The molecule has 2 saturated heterocycles. The molecule has 25 heavy (non-hydrogen) atoms. The number of nitrogens with zero attached hydrogens (tertiary/aromatic N) is 2. The van der Waals surface area contributed by atoms with Crippen LogP contribution in [0.5, 0.6) is 0 Å². The van der Waals surface area contributed by atoms with Crippen molar-refractivity contribution in [2.45, 2.75) is 57.8 Å². The predicted octanol–water partition coefficient (Wildman–Crippen LogP) is 2.39. The fourth-order valence-corrected chi connectivity index (χ4v) is 3.67. The molecule has 1 aromatic rings. The number of aliphatic hydroxyl groups is 1. The van der Waals surface area contributed by atoms with Crippen LogP contribution in [0.2, 0.25) is 0 Å². The highest BCUT2D eigenvalue weighted by Crippen LogP contribution is 2.35. The molecule has 7 heteroatoms. The summed E-state index contributed by atoms with van der Waals surface area (Å²) in [5, 5.41) is 9.04. The van der Waals surface area contributed by atoms with E-state index in [2.05, 4.69) is 13.8 Å². The number of amides is 2. The molecule has 0 saturated carbocycles. The van der Waals surface area contributed by atoms with Crippen molar-refractivity contribution in [3.8, 4) is 0 Å². The number of piperidine rings is 1. The number of ether oxygens (including phenoxy) is 1. The lowest BCUT2D eigenvalue weighted by Crippen LogP contribution is -2.49. The molecule has 138 valence electrons. The molecule has 1 aromatic heterocycles. The second kappa shape index (κ2) is 7.07. The SMILES string of the molecule is CCC[C@H](C)N1CC2(CCN(C(=O)c3ccc(CO)o3)CC2)OC1=O. The van der Waals surface area contributed by atoms with E-state index >= 15 is 0 Å². The lowest BCUT2D eigenvalue weighted by molar-refractivity contribution is 0.00211. The van der Waals surface area contributed by atoms with Gasteiger partial charge in [-0.15, -0.1) is 0 Å². The molecule has 2 fully saturated rings. The van der Waals surface area contributed by atoms with Gasteiger partial charge < -0.3 is 24.1 Å². The highest BCUT2D eigenvalue weighted by atomic mass is 16.6. The summed E-state index contributed by atoms with van der Waals surface area (Å²) < 4.78 is 11.0. The zero-order valence-electron chi connectivity index (χ0n) is 14.9. The summed E-state index contributed by atoms with van der Waals surface area (Å²) in [5.41, 5.74) is -0.477. The molecule has 1 spiro atoms. The lowest BCUT2D eigenvalue weighted by atomic mass is 9.91. The smallest absolute Gasteiger partial charge is 0.410 e. The van der Waals surface area contributed by atoms with E-state index in [1.54, 1.807) is 17.0 Å². The van der Waals surface area contributed by atoms with Crippen molar-refractivity contribution >= 4 is 12.0 Å². The molecule has 1 atom stereocenters. The predicted molar refractivity (Wildman–Crippen MR) is 90.1 cm³/mol. The summed E-state index contributed by atoms with van der Waals surface area (Å²) in [7, 11) is 0. The standard InChI is InChI=1S/C18H26N2O5/c1-3-4-13(2)20-12-18(25-17(20)23)7-9-19(10-8-18)16(22)15-6-5-14(11-21)24-15/h5-6,13,21H,3-4,7-12H2,1-2H3/t13-/m0/s1. The summed E-state index contributed by atoms with van der Waals surface area (Å²) in [6.07, 6.45) is 3.01. The Morgan fingerprint density at radius 2 is 2.08 bits per heavy atom. The van der Waals surface area contributed by atoms with Gasteiger partial charge in [-0.1, -0.05) is 13.3 Å². The van der Waals surface area contributed by atoms with Crippen LogP contribution in [0, 0.1) is 0 Å². The number of hydrogen-bond donors (Lipinski definition) is 1. The highest BCUT2D eigenvalue weighted by molar-refractivity contribution is 5.91. The maximum absolute atomic E-state index is 12.5. The van der Waals surface area contributed by atoms with E-state index in [0.717, 1.165) is 12.8 Å². The molecular formula is C18H26N2O5. The van der Waals surface area contributed by atoms with Crippen molar-refractivity contribution in [1.82, 2.24) is 9.80 Å². The molecule has 3 rings (SSSR count). The van der Waals surface area contributed by atoms with Gasteiger partial charge in [-0.3, -0.25) is 4.79 Å². The second-order valence-corrected chi connectivity index (χ2v) is 7.03. The van der Waals surface area contributed by atoms with Gasteiger partial charge in [0.1, 0.15) is 18.0 Å². The van der Waals surface area contributed by atoms with E-state index < -0.39 is 5.60 Å².